The quantitative estimate of drug-likeness (QED) is 0.435. The molecule has 2 heterocycles. The highest BCUT2D eigenvalue weighted by Crippen LogP contribution is 2.35. The van der Waals surface area contributed by atoms with Gasteiger partial charge >= 0.3 is 0 Å². The number of nitrogens with zero attached hydrogens (tertiary/aromatic N) is 3. The van der Waals surface area contributed by atoms with Crippen LogP contribution in [-0.4, -0.2) is 54.9 Å². The smallest absolute Gasteiger partial charge is 0.149 e. The van der Waals surface area contributed by atoms with E-state index in [0.717, 1.165) is 68.8 Å². The molecule has 178 valence electrons. The van der Waals surface area contributed by atoms with Crippen LogP contribution in [0.1, 0.15) is 59.8 Å². The highest BCUT2D eigenvalue weighted by Gasteiger charge is 2.30. The number of pyridine rings is 1. The molecule has 7 nitrogen and oxygen atoms in total. The van der Waals surface area contributed by atoms with E-state index < -0.39 is 0 Å². The summed E-state index contributed by atoms with van der Waals surface area (Å²) in [7, 11) is 0. The Morgan fingerprint density at radius 2 is 1.78 bits per heavy atom. The second-order valence-corrected chi connectivity index (χ2v) is 9.24. The molecule has 7 heteroatoms. The Bertz CT molecular complexity index is 876. The molecule has 1 saturated heterocycles. The molecule has 1 aromatic carbocycles. The van der Waals surface area contributed by atoms with E-state index in [1.807, 2.05) is 0 Å². The zero-order valence-electron chi connectivity index (χ0n) is 20.4. The van der Waals surface area contributed by atoms with Crippen molar-refractivity contribution < 1.29 is 4.74 Å². The summed E-state index contributed by atoms with van der Waals surface area (Å²) in [5, 5.41) is 4.58. The van der Waals surface area contributed by atoms with Crippen molar-refractivity contribution in [2.24, 2.45) is 0 Å². The lowest BCUT2D eigenvalue weighted by Gasteiger charge is -2.44. The number of fused-ring (bicyclic) bond motifs is 1. The van der Waals surface area contributed by atoms with E-state index in [0.29, 0.717) is 11.5 Å². The van der Waals surface area contributed by atoms with Gasteiger partial charge in [-0.1, -0.05) is 33.1 Å². The highest BCUT2D eigenvalue weighted by atomic mass is 16.5. The summed E-state index contributed by atoms with van der Waals surface area (Å²) in [6, 6.07) is 6.41. The van der Waals surface area contributed by atoms with E-state index in [1.165, 1.54) is 24.9 Å². The van der Waals surface area contributed by atoms with Crippen molar-refractivity contribution >= 4 is 33.8 Å². The standard InChI is InChI=1S/C25H42N6O/c1-5-7-8-9-12-28-23-20-18-19(10-11-21(20)29-24(27)22(23)26)30-13-15-31(16-14-30)25(3,4)32-17-6-2/h10-11,18H,5-9,12-17,26H2,1-4H3,(H3,27,28,29). The normalized spacial score (nSPS) is 15.4. The summed E-state index contributed by atoms with van der Waals surface area (Å²) in [4.78, 5) is 9.39. The number of nitrogen functional groups attached to an aromatic ring is 2. The fourth-order valence-electron chi connectivity index (χ4n) is 4.38. The number of nitrogens with one attached hydrogen (secondary N) is 1. The first-order chi connectivity index (χ1) is 15.4. The molecule has 0 bridgehead atoms. The average molecular weight is 443 g/mol. The second-order valence-electron chi connectivity index (χ2n) is 9.24. The Kier molecular flexibility index (Phi) is 8.43. The summed E-state index contributed by atoms with van der Waals surface area (Å²) < 4.78 is 6.08. The number of nitrogens with two attached hydrogens (primary N) is 2. The van der Waals surface area contributed by atoms with Crippen molar-refractivity contribution in [3.05, 3.63) is 18.2 Å². The number of ether oxygens (including phenoxy) is 1. The predicted octanol–water partition coefficient (Wildman–Crippen LogP) is 4.68. The van der Waals surface area contributed by atoms with Gasteiger partial charge in [-0.25, -0.2) is 4.98 Å². The van der Waals surface area contributed by atoms with Gasteiger partial charge in [0.15, 0.2) is 0 Å². The lowest BCUT2D eigenvalue weighted by atomic mass is 10.1. The minimum atomic E-state index is -0.226. The van der Waals surface area contributed by atoms with Crippen LogP contribution < -0.4 is 21.7 Å². The Morgan fingerprint density at radius 3 is 2.47 bits per heavy atom. The van der Waals surface area contributed by atoms with Crippen LogP contribution in [0.5, 0.6) is 0 Å². The molecule has 0 unspecified atom stereocenters. The molecule has 0 aliphatic carbocycles. The van der Waals surface area contributed by atoms with Gasteiger partial charge in [-0.05, 0) is 44.9 Å². The molecule has 0 radical (unpaired) electrons. The van der Waals surface area contributed by atoms with Gasteiger partial charge in [0.05, 0.1) is 16.9 Å². The van der Waals surface area contributed by atoms with Gasteiger partial charge in [-0.3, -0.25) is 4.90 Å². The number of aromatic nitrogens is 1. The van der Waals surface area contributed by atoms with Gasteiger partial charge in [0, 0.05) is 50.4 Å². The third-order valence-electron chi connectivity index (χ3n) is 6.43. The zero-order valence-corrected chi connectivity index (χ0v) is 20.4. The van der Waals surface area contributed by atoms with Crippen molar-refractivity contribution in [2.75, 3.05) is 61.0 Å². The number of benzene rings is 1. The maximum absolute atomic E-state index is 6.34. The largest absolute Gasteiger partial charge is 0.394 e. The van der Waals surface area contributed by atoms with Crippen LogP contribution in [0, 0.1) is 0 Å². The van der Waals surface area contributed by atoms with Crippen LogP contribution in [0.15, 0.2) is 18.2 Å². The van der Waals surface area contributed by atoms with Crippen LogP contribution in [0.3, 0.4) is 0 Å². The number of anilines is 4. The van der Waals surface area contributed by atoms with Crippen LogP contribution in [0.25, 0.3) is 10.9 Å². The van der Waals surface area contributed by atoms with E-state index in [9.17, 15) is 0 Å². The minimum Gasteiger partial charge on any atom is -0.394 e. The molecular weight excluding hydrogens is 400 g/mol. The zero-order chi connectivity index (χ0) is 23.1. The van der Waals surface area contributed by atoms with Gasteiger partial charge < -0.3 is 26.4 Å². The van der Waals surface area contributed by atoms with Crippen molar-refractivity contribution in [1.29, 1.82) is 0 Å². The predicted molar refractivity (Wildman–Crippen MR) is 137 cm³/mol. The summed E-state index contributed by atoms with van der Waals surface area (Å²) in [6.07, 6.45) is 5.86. The molecule has 0 amide bonds. The van der Waals surface area contributed by atoms with Crippen LogP contribution in [0.2, 0.25) is 0 Å². The number of piperazine rings is 1. The van der Waals surface area contributed by atoms with Crippen LogP contribution in [-0.2, 0) is 4.74 Å². The minimum absolute atomic E-state index is 0.226. The first-order valence-corrected chi connectivity index (χ1v) is 12.2. The Labute approximate surface area is 193 Å². The fraction of sp³-hybridized carbons (Fsp3) is 0.640. The van der Waals surface area contributed by atoms with Gasteiger partial charge in [0.1, 0.15) is 11.5 Å². The average Bonchev–Trinajstić information content (AvgIpc) is 2.79. The summed E-state index contributed by atoms with van der Waals surface area (Å²) in [6.45, 7) is 14.3. The Balaban J connectivity index is 1.74. The SMILES string of the molecule is CCCCCCNc1c(N)c(N)nc2ccc(N3CCN(C(C)(C)OCCC)CC3)cc12. The lowest BCUT2D eigenvalue weighted by Crippen LogP contribution is -2.55. The summed E-state index contributed by atoms with van der Waals surface area (Å²) in [5.41, 5.74) is 15.8. The van der Waals surface area contributed by atoms with Crippen LogP contribution in [0.4, 0.5) is 22.9 Å². The van der Waals surface area contributed by atoms with Gasteiger partial charge in [0.2, 0.25) is 0 Å². The van der Waals surface area contributed by atoms with E-state index >= 15 is 0 Å². The van der Waals surface area contributed by atoms with Gasteiger partial charge in [0.25, 0.3) is 0 Å². The third-order valence-corrected chi connectivity index (χ3v) is 6.43. The number of hydrogen-bond acceptors (Lipinski definition) is 7. The topological polar surface area (TPSA) is 92.7 Å². The molecule has 5 N–H and O–H groups in total. The van der Waals surface area contributed by atoms with Crippen LogP contribution >= 0.6 is 0 Å². The number of unbranched alkanes of at least 4 members (excludes halogenated alkanes) is 3. The lowest BCUT2D eigenvalue weighted by molar-refractivity contribution is -0.133. The van der Waals surface area contributed by atoms with E-state index in [-0.39, 0.29) is 5.72 Å². The van der Waals surface area contributed by atoms with E-state index in [2.05, 4.69) is 66.0 Å². The maximum Gasteiger partial charge on any atom is 0.149 e. The Hall–Kier alpha value is -2.25. The van der Waals surface area contributed by atoms with Gasteiger partial charge in [-0.2, -0.15) is 0 Å². The van der Waals surface area contributed by atoms with E-state index in [1.54, 1.807) is 0 Å². The molecular formula is C25H42N6O. The molecule has 32 heavy (non-hydrogen) atoms. The summed E-state index contributed by atoms with van der Waals surface area (Å²) >= 11 is 0. The number of hydrogen-bond donors (Lipinski definition) is 3. The molecule has 3 rings (SSSR count). The highest BCUT2D eigenvalue weighted by molar-refractivity contribution is 6.02. The summed E-state index contributed by atoms with van der Waals surface area (Å²) in [5.74, 6) is 0.393. The third kappa shape index (κ3) is 5.75. The van der Waals surface area contributed by atoms with Gasteiger partial charge in [-0.15, -0.1) is 0 Å². The Morgan fingerprint density at radius 1 is 1.03 bits per heavy atom. The van der Waals surface area contributed by atoms with Crippen molar-refractivity contribution in [3.8, 4) is 0 Å². The number of rotatable bonds is 11. The first kappa shape index (κ1) is 24.4. The van der Waals surface area contributed by atoms with E-state index in [4.69, 9.17) is 16.2 Å². The second kappa shape index (κ2) is 11.1. The molecule has 0 saturated carbocycles. The molecule has 2 aromatic rings. The monoisotopic (exact) mass is 442 g/mol. The van der Waals surface area contributed by atoms with Crippen molar-refractivity contribution in [3.63, 3.8) is 0 Å². The molecule has 0 atom stereocenters. The maximum atomic E-state index is 6.34. The molecule has 1 aromatic heterocycles. The first-order valence-electron chi connectivity index (χ1n) is 12.2. The molecule has 1 aliphatic rings. The molecule has 0 spiro atoms. The van der Waals surface area contributed by atoms with Crippen molar-refractivity contribution in [2.45, 2.75) is 65.5 Å². The molecule has 1 aliphatic heterocycles. The fourth-order valence-corrected chi connectivity index (χ4v) is 4.38. The molecule has 1 fully saturated rings. The van der Waals surface area contributed by atoms with Crippen molar-refractivity contribution in [1.82, 2.24) is 9.88 Å².